The largest absolute Gasteiger partial charge is 0.478 e. The fourth-order valence-electron chi connectivity index (χ4n) is 4.23. The van der Waals surface area contributed by atoms with E-state index in [0.29, 0.717) is 11.5 Å². The van der Waals surface area contributed by atoms with Crippen molar-refractivity contribution in [2.24, 2.45) is 21.5 Å². The summed E-state index contributed by atoms with van der Waals surface area (Å²) in [4.78, 5) is 22.5. The van der Waals surface area contributed by atoms with Crippen molar-refractivity contribution in [1.29, 1.82) is 0 Å². The third-order valence-electron chi connectivity index (χ3n) is 5.42. The Bertz CT molecular complexity index is 976. The fraction of sp³-hybridized carbons (Fsp3) is 0.286. The molecule has 5 N–H and O–H groups in total. The molecule has 2 aliphatic rings. The van der Waals surface area contributed by atoms with Gasteiger partial charge in [0.25, 0.3) is 0 Å². The Balaban J connectivity index is 1.81. The van der Waals surface area contributed by atoms with Gasteiger partial charge in [0.15, 0.2) is 0 Å². The average Bonchev–Trinajstić information content (AvgIpc) is 2.68. The predicted octanol–water partition coefficient (Wildman–Crippen LogP) is 3.16. The van der Waals surface area contributed by atoms with Crippen LogP contribution in [0.4, 0.5) is 5.69 Å². The summed E-state index contributed by atoms with van der Waals surface area (Å²) in [5.41, 5.74) is 14.3. The topological polar surface area (TPSA) is 117 Å². The van der Waals surface area contributed by atoms with Crippen LogP contribution in [-0.2, 0) is 0 Å². The lowest BCUT2D eigenvalue weighted by Crippen LogP contribution is -2.58. The quantitative estimate of drug-likeness (QED) is 0.759. The van der Waals surface area contributed by atoms with Gasteiger partial charge in [-0.05, 0) is 55.0 Å². The molecule has 0 bridgehead atoms. The first-order chi connectivity index (χ1) is 13.5. The number of nitrogens with two attached hydrogens (primary N) is 2. The fourth-order valence-corrected chi connectivity index (χ4v) is 4.23. The van der Waals surface area contributed by atoms with Crippen molar-refractivity contribution < 1.29 is 9.90 Å². The second-order valence-electron chi connectivity index (χ2n) is 7.22. The van der Waals surface area contributed by atoms with Crippen LogP contribution in [0.2, 0.25) is 0 Å². The number of guanidine groups is 2. The van der Waals surface area contributed by atoms with Gasteiger partial charge in [0.2, 0.25) is 11.9 Å². The van der Waals surface area contributed by atoms with Gasteiger partial charge in [0.1, 0.15) is 5.66 Å². The molecule has 7 nitrogen and oxygen atoms in total. The lowest BCUT2D eigenvalue weighted by atomic mass is 9.87. The molecule has 1 heterocycles. The van der Waals surface area contributed by atoms with Crippen molar-refractivity contribution in [1.82, 2.24) is 0 Å². The zero-order valence-electron chi connectivity index (χ0n) is 15.5. The highest BCUT2D eigenvalue weighted by atomic mass is 16.4. The zero-order chi connectivity index (χ0) is 19.7. The Morgan fingerprint density at radius 3 is 2.54 bits per heavy atom. The van der Waals surface area contributed by atoms with Gasteiger partial charge in [-0.15, -0.1) is 0 Å². The lowest BCUT2D eigenvalue weighted by molar-refractivity contribution is 0.0697. The highest BCUT2D eigenvalue weighted by molar-refractivity contribution is 6.06. The number of aliphatic imine (C=N–C) groups is 2. The summed E-state index contributed by atoms with van der Waals surface area (Å²) in [5, 5.41) is 9.53. The molecule has 0 radical (unpaired) electrons. The molecule has 1 fully saturated rings. The third-order valence-corrected chi connectivity index (χ3v) is 5.42. The molecule has 0 aromatic heterocycles. The minimum Gasteiger partial charge on any atom is -0.478 e. The Kier molecular flexibility index (Phi) is 4.50. The summed E-state index contributed by atoms with van der Waals surface area (Å²) < 4.78 is 0. The molecule has 0 amide bonds. The summed E-state index contributed by atoms with van der Waals surface area (Å²) in [5.74, 6) is -0.428. The maximum atomic E-state index is 11.6. The van der Waals surface area contributed by atoms with Gasteiger partial charge in [-0.2, -0.15) is 4.99 Å². The maximum absolute atomic E-state index is 11.6. The average molecular weight is 377 g/mol. The van der Waals surface area contributed by atoms with Gasteiger partial charge in [0.05, 0.1) is 5.56 Å². The summed E-state index contributed by atoms with van der Waals surface area (Å²) in [6.45, 7) is 0. The Labute approximate surface area is 163 Å². The van der Waals surface area contributed by atoms with E-state index >= 15 is 0 Å². The molecule has 28 heavy (non-hydrogen) atoms. The van der Waals surface area contributed by atoms with Crippen molar-refractivity contribution in [3.8, 4) is 11.1 Å². The molecule has 1 saturated carbocycles. The third kappa shape index (κ3) is 3.09. The summed E-state index contributed by atoms with van der Waals surface area (Å²) in [6, 6.07) is 14.7. The molecule has 1 aliphatic heterocycles. The van der Waals surface area contributed by atoms with Crippen LogP contribution in [0.25, 0.3) is 11.1 Å². The number of carbonyl (C=O) groups is 1. The number of carboxylic acid groups (broad SMARTS) is 1. The summed E-state index contributed by atoms with van der Waals surface area (Å²) >= 11 is 0. The van der Waals surface area contributed by atoms with E-state index < -0.39 is 11.6 Å². The number of benzene rings is 2. The smallest absolute Gasteiger partial charge is 0.336 e. The monoisotopic (exact) mass is 377 g/mol. The summed E-state index contributed by atoms with van der Waals surface area (Å²) in [7, 11) is 0. The van der Waals surface area contributed by atoms with Crippen molar-refractivity contribution in [3.05, 3.63) is 54.1 Å². The van der Waals surface area contributed by atoms with E-state index in [-0.39, 0.29) is 11.5 Å². The molecule has 144 valence electrons. The van der Waals surface area contributed by atoms with Gasteiger partial charge >= 0.3 is 5.97 Å². The molecule has 0 atom stereocenters. The molecule has 0 saturated heterocycles. The van der Waals surface area contributed by atoms with E-state index in [2.05, 4.69) is 9.98 Å². The SMILES string of the molecule is NC1=NC2(CCCCC2)N(c2cccc(-c3ccccc3C(=O)O)c2)C(N)=N1. The Hall–Kier alpha value is -3.35. The molecule has 2 aromatic carbocycles. The number of carboxylic acids is 1. The van der Waals surface area contributed by atoms with Crippen molar-refractivity contribution >= 4 is 23.6 Å². The number of rotatable bonds is 3. The van der Waals surface area contributed by atoms with Crippen LogP contribution in [0.15, 0.2) is 58.5 Å². The maximum Gasteiger partial charge on any atom is 0.336 e. The van der Waals surface area contributed by atoms with Crippen LogP contribution in [0, 0.1) is 0 Å². The van der Waals surface area contributed by atoms with E-state index in [1.165, 1.54) is 0 Å². The minimum atomic E-state index is -0.957. The predicted molar refractivity (Wildman–Crippen MR) is 110 cm³/mol. The van der Waals surface area contributed by atoms with Crippen LogP contribution in [0.5, 0.6) is 0 Å². The number of anilines is 1. The van der Waals surface area contributed by atoms with Gasteiger partial charge < -0.3 is 16.6 Å². The van der Waals surface area contributed by atoms with Gasteiger partial charge in [0, 0.05) is 5.69 Å². The number of hydrogen-bond acceptors (Lipinski definition) is 6. The van der Waals surface area contributed by atoms with Crippen LogP contribution < -0.4 is 16.4 Å². The van der Waals surface area contributed by atoms with E-state index in [4.69, 9.17) is 11.5 Å². The molecule has 1 aliphatic carbocycles. The number of hydrogen-bond donors (Lipinski definition) is 3. The van der Waals surface area contributed by atoms with Crippen molar-refractivity contribution in [2.75, 3.05) is 4.90 Å². The van der Waals surface area contributed by atoms with Crippen LogP contribution >= 0.6 is 0 Å². The summed E-state index contributed by atoms with van der Waals surface area (Å²) in [6.07, 6.45) is 4.94. The lowest BCUT2D eigenvalue weighted by Gasteiger charge is -2.45. The highest BCUT2D eigenvalue weighted by Gasteiger charge is 2.42. The van der Waals surface area contributed by atoms with Crippen LogP contribution in [0.3, 0.4) is 0 Å². The molecular formula is C21H23N5O2. The van der Waals surface area contributed by atoms with Crippen LogP contribution in [-0.4, -0.2) is 28.7 Å². The zero-order valence-corrected chi connectivity index (χ0v) is 15.5. The van der Waals surface area contributed by atoms with Gasteiger partial charge in [-0.1, -0.05) is 36.8 Å². The van der Waals surface area contributed by atoms with Gasteiger partial charge in [-0.3, -0.25) is 4.90 Å². The minimum absolute atomic E-state index is 0.211. The highest BCUT2D eigenvalue weighted by Crippen LogP contribution is 2.40. The second-order valence-corrected chi connectivity index (χ2v) is 7.22. The Morgan fingerprint density at radius 2 is 1.79 bits per heavy atom. The first-order valence-corrected chi connectivity index (χ1v) is 9.43. The second kappa shape index (κ2) is 6.99. The molecule has 2 aromatic rings. The number of aromatic carboxylic acids is 1. The van der Waals surface area contributed by atoms with Crippen molar-refractivity contribution in [3.63, 3.8) is 0 Å². The standard InChI is InChI=1S/C21H23N5O2/c22-19-24-20(23)26(21(25-19)11-4-1-5-12-21)15-8-6-7-14(13-15)16-9-2-3-10-17(16)18(27)28/h2-3,6-10,13H,1,4-5,11-12H2,(H,27,28)(H4,22,23,24,25). The molecule has 4 rings (SSSR count). The van der Waals surface area contributed by atoms with E-state index in [0.717, 1.165) is 43.4 Å². The first kappa shape index (κ1) is 18.0. The normalized spacial score (nSPS) is 18.5. The van der Waals surface area contributed by atoms with E-state index in [9.17, 15) is 9.90 Å². The molecular weight excluding hydrogens is 354 g/mol. The van der Waals surface area contributed by atoms with Gasteiger partial charge in [-0.25, -0.2) is 9.79 Å². The first-order valence-electron chi connectivity index (χ1n) is 9.43. The molecule has 7 heteroatoms. The Morgan fingerprint density at radius 1 is 1.04 bits per heavy atom. The molecule has 1 spiro atoms. The molecule has 0 unspecified atom stereocenters. The van der Waals surface area contributed by atoms with E-state index in [1.807, 2.05) is 41.3 Å². The van der Waals surface area contributed by atoms with Crippen molar-refractivity contribution in [2.45, 2.75) is 37.8 Å². The van der Waals surface area contributed by atoms with E-state index in [1.54, 1.807) is 12.1 Å². The number of nitrogens with zero attached hydrogens (tertiary/aromatic N) is 3. The van der Waals surface area contributed by atoms with Crippen LogP contribution in [0.1, 0.15) is 42.5 Å².